The van der Waals surface area contributed by atoms with Gasteiger partial charge >= 0.3 is 0 Å². The zero-order valence-corrected chi connectivity index (χ0v) is 15.1. The molecule has 2 rings (SSSR count). The average molecular weight is 358 g/mol. The Morgan fingerprint density at radius 1 is 1.30 bits per heavy atom. The Kier molecular flexibility index (Phi) is 6.81. The summed E-state index contributed by atoms with van der Waals surface area (Å²) in [5.41, 5.74) is 1.49. The van der Waals surface area contributed by atoms with Gasteiger partial charge in [-0.05, 0) is 37.0 Å². The molecule has 0 N–H and O–H groups in total. The number of nitrogens with zero attached hydrogens (tertiary/aromatic N) is 1. The molecule has 1 aromatic carbocycles. The molecule has 6 heteroatoms. The van der Waals surface area contributed by atoms with Crippen molar-refractivity contribution in [2.45, 2.75) is 26.7 Å². The predicted octanol–water partition coefficient (Wildman–Crippen LogP) is 5.22. The van der Waals surface area contributed by atoms with E-state index in [-0.39, 0.29) is 5.75 Å². The molecule has 0 aliphatic heterocycles. The normalized spacial score (nSPS) is 11.2. The van der Waals surface area contributed by atoms with Gasteiger partial charge in [-0.3, -0.25) is 0 Å². The second-order valence-corrected chi connectivity index (χ2v) is 7.32. The number of hydrogen-bond acceptors (Lipinski definition) is 4. The summed E-state index contributed by atoms with van der Waals surface area (Å²) in [7, 11) is 1.58. The first kappa shape index (κ1) is 18.2. The van der Waals surface area contributed by atoms with Crippen molar-refractivity contribution in [2.24, 2.45) is 5.92 Å². The third-order valence-corrected chi connectivity index (χ3v) is 4.59. The van der Waals surface area contributed by atoms with E-state index in [0.717, 1.165) is 29.0 Å². The van der Waals surface area contributed by atoms with Crippen molar-refractivity contribution in [1.82, 2.24) is 4.98 Å². The lowest BCUT2D eigenvalue weighted by molar-refractivity contribution is 0.144. The van der Waals surface area contributed by atoms with Crippen LogP contribution in [0.2, 0.25) is 4.47 Å². The molecular formula is C17H21ClFNO2S. The largest absolute Gasteiger partial charge is 0.488 e. The number of methoxy groups -OCH3 is 1. The number of aromatic nitrogens is 1. The summed E-state index contributed by atoms with van der Waals surface area (Å²) in [6.07, 6.45) is 1.94. The fraction of sp³-hybridized carbons (Fsp3) is 0.471. The molecule has 0 atom stereocenters. The third kappa shape index (κ3) is 5.16. The first-order valence-electron chi connectivity index (χ1n) is 7.58. The molecule has 2 aromatic rings. The first-order chi connectivity index (χ1) is 11.0. The van der Waals surface area contributed by atoms with E-state index in [9.17, 15) is 4.39 Å². The Bertz CT molecular complexity index is 646. The van der Waals surface area contributed by atoms with Gasteiger partial charge in [-0.25, -0.2) is 9.37 Å². The second kappa shape index (κ2) is 8.62. The molecule has 23 heavy (non-hydrogen) atoms. The number of hydrogen-bond donors (Lipinski definition) is 0. The van der Waals surface area contributed by atoms with E-state index < -0.39 is 5.82 Å². The van der Waals surface area contributed by atoms with Gasteiger partial charge in [0.25, 0.3) is 0 Å². The van der Waals surface area contributed by atoms with Crippen molar-refractivity contribution in [3.05, 3.63) is 33.4 Å². The van der Waals surface area contributed by atoms with Gasteiger partial charge in [-0.1, -0.05) is 25.4 Å². The Morgan fingerprint density at radius 2 is 2.09 bits per heavy atom. The first-order valence-corrected chi connectivity index (χ1v) is 8.77. The highest BCUT2D eigenvalue weighted by Crippen LogP contribution is 2.34. The number of thiazole rings is 1. The van der Waals surface area contributed by atoms with Crippen LogP contribution < -0.4 is 4.74 Å². The van der Waals surface area contributed by atoms with Crippen LogP contribution in [0.4, 0.5) is 4.39 Å². The summed E-state index contributed by atoms with van der Waals surface area (Å²) < 4.78 is 24.9. The van der Waals surface area contributed by atoms with Crippen LogP contribution >= 0.6 is 22.9 Å². The maximum atomic E-state index is 14.2. The van der Waals surface area contributed by atoms with Crippen LogP contribution in [0.5, 0.6) is 5.75 Å². The van der Waals surface area contributed by atoms with Crippen molar-refractivity contribution < 1.29 is 13.9 Å². The molecule has 0 radical (unpaired) electrons. The zero-order valence-electron chi connectivity index (χ0n) is 13.6. The number of halogens is 2. The van der Waals surface area contributed by atoms with Crippen LogP contribution in [0.15, 0.2) is 18.2 Å². The SMILES string of the molecule is COCCOc1ccc(-c2nc(Cl)sc2CCC(C)C)cc1F. The minimum absolute atomic E-state index is 0.218. The van der Waals surface area contributed by atoms with E-state index in [1.807, 2.05) is 6.07 Å². The van der Waals surface area contributed by atoms with Crippen LogP contribution in [0.25, 0.3) is 11.3 Å². The highest BCUT2D eigenvalue weighted by atomic mass is 35.5. The van der Waals surface area contributed by atoms with E-state index >= 15 is 0 Å². The Morgan fingerprint density at radius 3 is 2.74 bits per heavy atom. The van der Waals surface area contributed by atoms with E-state index in [1.165, 1.54) is 17.4 Å². The minimum Gasteiger partial charge on any atom is -0.488 e. The number of aryl methyl sites for hydroxylation is 1. The lowest BCUT2D eigenvalue weighted by Gasteiger charge is -2.09. The topological polar surface area (TPSA) is 31.4 Å². The van der Waals surface area contributed by atoms with E-state index in [1.54, 1.807) is 13.2 Å². The third-order valence-electron chi connectivity index (χ3n) is 3.37. The number of benzene rings is 1. The van der Waals surface area contributed by atoms with Gasteiger partial charge in [0.15, 0.2) is 16.0 Å². The van der Waals surface area contributed by atoms with Gasteiger partial charge < -0.3 is 9.47 Å². The monoisotopic (exact) mass is 357 g/mol. The van der Waals surface area contributed by atoms with Crippen molar-refractivity contribution >= 4 is 22.9 Å². The Labute approximate surface area is 145 Å². The molecule has 0 unspecified atom stereocenters. The summed E-state index contributed by atoms with van der Waals surface area (Å²) in [4.78, 5) is 5.46. The highest BCUT2D eigenvalue weighted by Gasteiger charge is 2.15. The zero-order chi connectivity index (χ0) is 16.8. The second-order valence-electron chi connectivity index (χ2n) is 5.66. The molecular weight excluding hydrogens is 337 g/mol. The van der Waals surface area contributed by atoms with Crippen LogP contribution in [-0.4, -0.2) is 25.3 Å². The summed E-state index contributed by atoms with van der Waals surface area (Å²) in [6.45, 7) is 5.08. The number of ether oxygens (including phenoxy) is 2. The molecule has 0 fully saturated rings. The fourth-order valence-corrected chi connectivity index (χ4v) is 3.32. The van der Waals surface area contributed by atoms with Crippen molar-refractivity contribution in [3.63, 3.8) is 0 Å². The molecule has 1 heterocycles. The molecule has 0 saturated carbocycles. The molecule has 3 nitrogen and oxygen atoms in total. The number of rotatable bonds is 8. The Hall–Kier alpha value is -1.17. The van der Waals surface area contributed by atoms with E-state index in [0.29, 0.717) is 23.6 Å². The molecule has 0 amide bonds. The van der Waals surface area contributed by atoms with E-state index in [4.69, 9.17) is 21.1 Å². The smallest absolute Gasteiger partial charge is 0.184 e. The fourth-order valence-electron chi connectivity index (χ4n) is 2.14. The summed E-state index contributed by atoms with van der Waals surface area (Å²) in [5, 5.41) is 0. The average Bonchev–Trinajstić information content (AvgIpc) is 2.88. The minimum atomic E-state index is -0.405. The lowest BCUT2D eigenvalue weighted by Crippen LogP contribution is -2.05. The van der Waals surface area contributed by atoms with Gasteiger partial charge in [-0.15, -0.1) is 11.3 Å². The lowest BCUT2D eigenvalue weighted by atomic mass is 10.0. The van der Waals surface area contributed by atoms with Crippen molar-refractivity contribution in [1.29, 1.82) is 0 Å². The van der Waals surface area contributed by atoms with Crippen LogP contribution in [0, 0.1) is 11.7 Å². The van der Waals surface area contributed by atoms with Gasteiger partial charge in [0.2, 0.25) is 0 Å². The van der Waals surface area contributed by atoms with Crippen LogP contribution in [0.1, 0.15) is 25.1 Å². The molecule has 0 bridgehead atoms. The van der Waals surface area contributed by atoms with E-state index in [2.05, 4.69) is 18.8 Å². The molecule has 126 valence electrons. The van der Waals surface area contributed by atoms with Gasteiger partial charge in [0.1, 0.15) is 6.61 Å². The van der Waals surface area contributed by atoms with Crippen LogP contribution in [0.3, 0.4) is 0 Å². The highest BCUT2D eigenvalue weighted by molar-refractivity contribution is 7.16. The van der Waals surface area contributed by atoms with Gasteiger partial charge in [0.05, 0.1) is 12.3 Å². The van der Waals surface area contributed by atoms with Crippen molar-refractivity contribution in [2.75, 3.05) is 20.3 Å². The molecule has 0 saturated heterocycles. The molecule has 0 spiro atoms. The summed E-state index contributed by atoms with van der Waals surface area (Å²) >= 11 is 7.52. The summed E-state index contributed by atoms with van der Waals surface area (Å²) in [5.74, 6) is 0.408. The molecule has 0 aliphatic rings. The molecule has 0 aliphatic carbocycles. The quantitative estimate of drug-likeness (QED) is 0.607. The predicted molar refractivity (Wildman–Crippen MR) is 93.0 cm³/mol. The van der Waals surface area contributed by atoms with Gasteiger partial charge in [-0.2, -0.15) is 0 Å². The summed E-state index contributed by atoms with van der Waals surface area (Å²) in [6, 6.07) is 4.89. The van der Waals surface area contributed by atoms with Crippen molar-refractivity contribution in [3.8, 4) is 17.0 Å². The standard InChI is InChI=1S/C17H21ClFNO2S/c1-11(2)4-7-15-16(20-17(18)23-15)12-5-6-14(13(19)10-12)22-9-8-21-3/h5-6,10-11H,4,7-9H2,1-3H3. The maximum Gasteiger partial charge on any atom is 0.184 e. The van der Waals surface area contributed by atoms with Crippen LogP contribution in [-0.2, 0) is 11.2 Å². The molecule has 1 aromatic heterocycles. The Balaban J connectivity index is 2.20. The van der Waals surface area contributed by atoms with Gasteiger partial charge in [0, 0.05) is 17.6 Å². The maximum absolute atomic E-state index is 14.2.